The Hall–Kier alpha value is -1.55. The van der Waals surface area contributed by atoms with Gasteiger partial charge >= 0.3 is 5.97 Å². The summed E-state index contributed by atoms with van der Waals surface area (Å²) in [5, 5.41) is 0. The van der Waals surface area contributed by atoms with Gasteiger partial charge in [-0.05, 0) is 57.0 Å². The number of furan rings is 1. The summed E-state index contributed by atoms with van der Waals surface area (Å²) in [6.07, 6.45) is 11.0. The molecule has 0 amide bonds. The van der Waals surface area contributed by atoms with Crippen LogP contribution in [0.25, 0.3) is 6.08 Å². The van der Waals surface area contributed by atoms with Gasteiger partial charge in [0.1, 0.15) is 5.76 Å². The van der Waals surface area contributed by atoms with Gasteiger partial charge in [0.25, 0.3) is 0 Å². The van der Waals surface area contributed by atoms with Crippen LogP contribution in [0.2, 0.25) is 0 Å². The molecule has 0 unspecified atom stereocenters. The number of ether oxygens (including phenoxy) is 1. The summed E-state index contributed by atoms with van der Waals surface area (Å²) in [6, 6.07) is 4.23. The maximum atomic E-state index is 11.8. The number of carbonyl (C=O) groups excluding carboxylic acids is 1. The van der Waals surface area contributed by atoms with Crippen molar-refractivity contribution < 1.29 is 13.9 Å². The van der Waals surface area contributed by atoms with E-state index >= 15 is 0 Å². The molecule has 21 heavy (non-hydrogen) atoms. The molecule has 2 aliphatic heterocycles. The second-order valence-electron chi connectivity index (χ2n) is 5.98. The maximum absolute atomic E-state index is 11.8. The van der Waals surface area contributed by atoms with Gasteiger partial charge in [-0.15, -0.1) is 0 Å². The van der Waals surface area contributed by atoms with Crippen LogP contribution < -0.4 is 0 Å². The second kappa shape index (κ2) is 6.94. The van der Waals surface area contributed by atoms with E-state index < -0.39 is 0 Å². The molecule has 2 fully saturated rings. The summed E-state index contributed by atoms with van der Waals surface area (Å²) in [4.78, 5) is 14.4. The quantitative estimate of drug-likeness (QED) is 0.631. The number of hydrogen-bond donors (Lipinski definition) is 0. The fourth-order valence-electron chi connectivity index (χ4n) is 3.55. The summed E-state index contributed by atoms with van der Waals surface area (Å²) >= 11 is 0. The Bertz CT molecular complexity index is 478. The number of carbonyl (C=O) groups is 1. The molecule has 1 aromatic heterocycles. The van der Waals surface area contributed by atoms with Crippen LogP contribution in [0.3, 0.4) is 0 Å². The first-order chi connectivity index (χ1) is 10.3. The van der Waals surface area contributed by atoms with Crippen molar-refractivity contribution in [3.05, 3.63) is 30.2 Å². The summed E-state index contributed by atoms with van der Waals surface area (Å²) < 4.78 is 10.6. The summed E-state index contributed by atoms with van der Waals surface area (Å²) in [5.41, 5.74) is 0. The van der Waals surface area contributed by atoms with Crippen molar-refractivity contribution in [3.63, 3.8) is 0 Å². The monoisotopic (exact) mass is 289 g/mol. The Morgan fingerprint density at radius 3 is 3.10 bits per heavy atom. The van der Waals surface area contributed by atoms with E-state index in [1.54, 1.807) is 18.4 Å². The number of piperidine rings is 2. The van der Waals surface area contributed by atoms with E-state index in [2.05, 4.69) is 4.90 Å². The summed E-state index contributed by atoms with van der Waals surface area (Å²) in [7, 11) is 0. The summed E-state index contributed by atoms with van der Waals surface area (Å²) in [5.74, 6) is 0.891. The molecule has 114 valence electrons. The van der Waals surface area contributed by atoms with Gasteiger partial charge in [0.05, 0.1) is 12.9 Å². The first kappa shape index (κ1) is 14.4. The molecule has 2 atom stereocenters. The normalized spacial score (nSPS) is 26.7. The fraction of sp³-hybridized carbons (Fsp3) is 0.588. The third-order valence-electron chi connectivity index (χ3n) is 4.60. The first-order valence-corrected chi connectivity index (χ1v) is 7.95. The van der Waals surface area contributed by atoms with Crippen LogP contribution in [0.5, 0.6) is 0 Å². The van der Waals surface area contributed by atoms with E-state index in [0.717, 1.165) is 0 Å². The Balaban J connectivity index is 1.48. The standard InChI is InChI=1S/C17H23NO3/c19-17(9-8-15-6-4-12-20-15)21-13-14-5-3-11-18-10-2-1-7-16(14)18/h4,6,8-9,12,14,16H,1-3,5,7,10-11,13H2/t14-,16+/m0/s1. The van der Waals surface area contributed by atoms with Gasteiger partial charge in [-0.3, -0.25) is 4.90 Å². The average molecular weight is 289 g/mol. The smallest absolute Gasteiger partial charge is 0.330 e. The zero-order chi connectivity index (χ0) is 14.5. The highest BCUT2D eigenvalue weighted by Crippen LogP contribution is 2.30. The third kappa shape index (κ3) is 3.76. The molecule has 4 heteroatoms. The lowest BCUT2D eigenvalue weighted by Gasteiger charge is -2.44. The zero-order valence-corrected chi connectivity index (χ0v) is 12.4. The van der Waals surface area contributed by atoms with E-state index in [4.69, 9.17) is 9.15 Å². The molecule has 2 aliphatic rings. The van der Waals surface area contributed by atoms with Crippen LogP contribution in [0, 0.1) is 5.92 Å². The molecule has 0 N–H and O–H groups in total. The minimum absolute atomic E-state index is 0.278. The molecule has 1 aromatic rings. The van der Waals surface area contributed by atoms with Gasteiger partial charge in [-0.2, -0.15) is 0 Å². The van der Waals surface area contributed by atoms with E-state index in [9.17, 15) is 4.79 Å². The predicted molar refractivity (Wildman–Crippen MR) is 80.6 cm³/mol. The van der Waals surface area contributed by atoms with Gasteiger partial charge in [0, 0.05) is 18.0 Å². The van der Waals surface area contributed by atoms with Crippen molar-refractivity contribution in [2.75, 3.05) is 19.7 Å². The first-order valence-electron chi connectivity index (χ1n) is 7.95. The van der Waals surface area contributed by atoms with Crippen molar-refractivity contribution in [1.29, 1.82) is 0 Å². The molecular formula is C17H23NO3. The van der Waals surface area contributed by atoms with E-state index in [1.165, 1.54) is 51.3 Å². The number of rotatable bonds is 4. The molecule has 3 rings (SSSR count). The minimum Gasteiger partial charge on any atom is -0.465 e. The molecule has 0 bridgehead atoms. The minimum atomic E-state index is -0.278. The lowest BCUT2D eigenvalue weighted by Crippen LogP contribution is -2.49. The van der Waals surface area contributed by atoms with Crippen LogP contribution >= 0.6 is 0 Å². The van der Waals surface area contributed by atoms with Gasteiger partial charge in [0.2, 0.25) is 0 Å². The van der Waals surface area contributed by atoms with Crippen molar-refractivity contribution in [2.45, 2.75) is 38.1 Å². The van der Waals surface area contributed by atoms with Crippen LogP contribution in [0.1, 0.15) is 37.9 Å². The van der Waals surface area contributed by atoms with E-state index in [0.29, 0.717) is 24.3 Å². The molecule has 3 heterocycles. The largest absolute Gasteiger partial charge is 0.465 e. The molecular weight excluding hydrogens is 266 g/mol. The number of esters is 1. The average Bonchev–Trinajstić information content (AvgIpc) is 3.04. The topological polar surface area (TPSA) is 42.7 Å². The lowest BCUT2D eigenvalue weighted by atomic mass is 9.84. The highest BCUT2D eigenvalue weighted by Gasteiger charge is 2.33. The van der Waals surface area contributed by atoms with Crippen LogP contribution in [0.4, 0.5) is 0 Å². The highest BCUT2D eigenvalue weighted by atomic mass is 16.5. The Morgan fingerprint density at radius 2 is 2.24 bits per heavy atom. The maximum Gasteiger partial charge on any atom is 0.330 e. The molecule has 4 nitrogen and oxygen atoms in total. The van der Waals surface area contributed by atoms with Gasteiger partial charge < -0.3 is 9.15 Å². The Morgan fingerprint density at radius 1 is 1.33 bits per heavy atom. The zero-order valence-electron chi connectivity index (χ0n) is 12.4. The van der Waals surface area contributed by atoms with Crippen molar-refractivity contribution in [2.24, 2.45) is 5.92 Å². The Kier molecular flexibility index (Phi) is 4.76. The van der Waals surface area contributed by atoms with Crippen LogP contribution in [0.15, 0.2) is 28.9 Å². The SMILES string of the molecule is O=C(C=Cc1ccco1)OC[C@@H]1CCCN2CCCC[C@H]12. The molecule has 2 saturated heterocycles. The lowest BCUT2D eigenvalue weighted by molar-refractivity contribution is -0.140. The van der Waals surface area contributed by atoms with Crippen LogP contribution in [-0.2, 0) is 9.53 Å². The molecule has 0 spiro atoms. The highest BCUT2D eigenvalue weighted by molar-refractivity contribution is 5.86. The van der Waals surface area contributed by atoms with E-state index in [-0.39, 0.29) is 5.97 Å². The molecule has 0 radical (unpaired) electrons. The summed E-state index contributed by atoms with van der Waals surface area (Å²) in [6.45, 7) is 2.98. The molecule has 0 aliphatic carbocycles. The van der Waals surface area contributed by atoms with Crippen molar-refractivity contribution >= 4 is 12.0 Å². The van der Waals surface area contributed by atoms with Crippen molar-refractivity contribution in [1.82, 2.24) is 4.90 Å². The van der Waals surface area contributed by atoms with Gasteiger partial charge in [0.15, 0.2) is 0 Å². The molecule has 0 aromatic carbocycles. The van der Waals surface area contributed by atoms with Gasteiger partial charge in [-0.1, -0.05) is 6.42 Å². The third-order valence-corrected chi connectivity index (χ3v) is 4.60. The second-order valence-corrected chi connectivity index (χ2v) is 5.98. The Labute approximate surface area is 125 Å². The van der Waals surface area contributed by atoms with E-state index in [1.807, 2.05) is 6.07 Å². The molecule has 0 saturated carbocycles. The fourth-order valence-corrected chi connectivity index (χ4v) is 3.55. The van der Waals surface area contributed by atoms with Crippen LogP contribution in [-0.4, -0.2) is 36.6 Å². The number of fused-ring (bicyclic) bond motifs is 1. The number of hydrogen-bond acceptors (Lipinski definition) is 4. The number of nitrogens with zero attached hydrogens (tertiary/aromatic N) is 1. The van der Waals surface area contributed by atoms with Crippen molar-refractivity contribution in [3.8, 4) is 0 Å². The predicted octanol–water partition coefficient (Wildman–Crippen LogP) is 3.10. The van der Waals surface area contributed by atoms with Gasteiger partial charge in [-0.25, -0.2) is 4.79 Å².